The number of fused-ring (bicyclic) bond motifs is 2. The molecule has 0 amide bonds. The van der Waals surface area contributed by atoms with Gasteiger partial charge in [-0.1, -0.05) is 51.4 Å². The first kappa shape index (κ1) is 24.8. The summed E-state index contributed by atoms with van der Waals surface area (Å²) in [4.78, 5) is 0. The summed E-state index contributed by atoms with van der Waals surface area (Å²) >= 11 is 0. The Morgan fingerprint density at radius 3 is 1.21 bits per heavy atom. The van der Waals surface area contributed by atoms with E-state index >= 15 is 0 Å². The van der Waals surface area contributed by atoms with Crippen LogP contribution in [0.15, 0.2) is 72.8 Å². The molecule has 140 valence electrons. The van der Waals surface area contributed by atoms with Gasteiger partial charge in [0.1, 0.15) is 0 Å². The van der Waals surface area contributed by atoms with E-state index in [9.17, 15) is 0 Å². The molecule has 0 bridgehead atoms. The topological polar surface area (TPSA) is 0 Å². The molecular formula is C24H30Li2Si3. The normalized spacial score (nSPS) is 12.6. The van der Waals surface area contributed by atoms with Gasteiger partial charge in [0.15, 0.2) is 0 Å². The van der Waals surface area contributed by atoms with Crippen molar-refractivity contribution in [3.8, 4) is 0 Å². The summed E-state index contributed by atoms with van der Waals surface area (Å²) in [5.41, 5.74) is 0. The van der Waals surface area contributed by atoms with Crippen LogP contribution in [0.5, 0.6) is 0 Å². The van der Waals surface area contributed by atoms with E-state index in [1.54, 1.807) is 10.4 Å². The number of rotatable bonds is 4. The third kappa shape index (κ3) is 3.93. The molecule has 4 aromatic carbocycles. The van der Waals surface area contributed by atoms with Crippen LogP contribution in [0.1, 0.15) is 0 Å². The predicted molar refractivity (Wildman–Crippen MR) is 131 cm³/mol. The van der Waals surface area contributed by atoms with Gasteiger partial charge in [0.25, 0.3) is 0 Å². The molecular weight excluding hydrogens is 386 g/mol. The molecule has 0 unspecified atom stereocenters. The van der Waals surface area contributed by atoms with Crippen molar-refractivity contribution in [2.24, 2.45) is 0 Å². The van der Waals surface area contributed by atoms with E-state index in [1.165, 1.54) is 21.5 Å². The van der Waals surface area contributed by atoms with Crippen LogP contribution in [0.4, 0.5) is 0 Å². The molecule has 0 heterocycles. The fraction of sp³-hybridized carbons (Fsp3) is 0.250. The van der Waals surface area contributed by atoms with Gasteiger partial charge in [-0.15, -0.1) is 69.7 Å². The summed E-state index contributed by atoms with van der Waals surface area (Å²) in [5, 5.41) is 9.04. The molecule has 4 aromatic rings. The maximum Gasteiger partial charge on any atom is 1.00 e. The summed E-state index contributed by atoms with van der Waals surface area (Å²) < 4.78 is 0. The summed E-state index contributed by atoms with van der Waals surface area (Å²) in [6.07, 6.45) is 0. The molecule has 0 aromatic heterocycles. The molecule has 0 N–H and O–H groups in total. The molecule has 0 atom stereocenters. The summed E-state index contributed by atoms with van der Waals surface area (Å²) in [6, 6.07) is 28.1. The van der Waals surface area contributed by atoms with Crippen molar-refractivity contribution in [3.63, 3.8) is 0 Å². The first-order valence-corrected chi connectivity index (χ1v) is 21.0. The minimum atomic E-state index is -1.84. The Labute approximate surface area is 202 Å². The van der Waals surface area contributed by atoms with E-state index in [1.807, 2.05) is 0 Å². The van der Waals surface area contributed by atoms with Gasteiger partial charge in [-0.3, -0.25) is 0 Å². The monoisotopic (exact) mass is 416 g/mol. The van der Waals surface area contributed by atoms with Crippen LogP contribution in [-0.4, -0.2) is 22.3 Å². The fourth-order valence-electron chi connectivity index (χ4n) is 5.76. The molecule has 0 nitrogen and oxygen atoms in total. The smallest absolute Gasteiger partial charge is 0.169 e. The van der Waals surface area contributed by atoms with Gasteiger partial charge in [0, 0.05) is 15.2 Å². The minimum absolute atomic E-state index is 0. The van der Waals surface area contributed by atoms with Crippen LogP contribution < -0.4 is 48.1 Å². The molecule has 0 radical (unpaired) electrons. The second-order valence-electron chi connectivity index (χ2n) is 10.00. The van der Waals surface area contributed by atoms with Crippen molar-refractivity contribution < 1.29 is 37.7 Å². The zero-order valence-corrected chi connectivity index (χ0v) is 22.4. The number of hydrogen-bond acceptors (Lipinski definition) is 0. The summed E-state index contributed by atoms with van der Waals surface area (Å²) in [5.74, 6) is 0. The molecule has 0 saturated carbocycles. The Morgan fingerprint density at radius 1 is 0.552 bits per heavy atom. The fourth-order valence-corrected chi connectivity index (χ4v) is 52.4. The van der Waals surface area contributed by atoms with Gasteiger partial charge in [0.2, 0.25) is 0 Å². The van der Waals surface area contributed by atoms with Crippen LogP contribution >= 0.6 is 0 Å². The average molecular weight is 417 g/mol. The Morgan fingerprint density at radius 2 is 0.897 bits per heavy atom. The standard InChI is InChI=1S/C24H30Si3.2Li/c1-25(2,3)27(26(4,5)6,23-15-19-11-7-8-12-20(19)16-23)24-17-21-13-9-10-14-22(21)18-24;;/h7-18H,1-6H3;;/q-2;2*+1. The summed E-state index contributed by atoms with van der Waals surface area (Å²) in [7, 11) is -4.80. The maximum absolute atomic E-state index is 2.63. The predicted octanol–water partition coefficient (Wildman–Crippen LogP) is -0.165. The van der Waals surface area contributed by atoms with E-state index in [-0.39, 0.29) is 37.7 Å². The second-order valence-corrected chi connectivity index (χ2v) is 36.7. The molecule has 0 aliphatic carbocycles. The van der Waals surface area contributed by atoms with Crippen LogP contribution in [0.2, 0.25) is 39.3 Å². The van der Waals surface area contributed by atoms with Gasteiger partial charge in [-0.25, -0.2) is 0 Å². The van der Waals surface area contributed by atoms with Crippen molar-refractivity contribution in [2.75, 3.05) is 0 Å². The van der Waals surface area contributed by atoms with Gasteiger partial charge in [-0.05, 0) is 0 Å². The van der Waals surface area contributed by atoms with E-state index in [0.717, 1.165) is 0 Å². The quantitative estimate of drug-likeness (QED) is 0.320. The van der Waals surface area contributed by atoms with Crippen LogP contribution in [0, 0.1) is 0 Å². The summed E-state index contributed by atoms with van der Waals surface area (Å²) in [6.45, 7) is 15.8. The molecule has 0 fully saturated rings. The van der Waals surface area contributed by atoms with Gasteiger partial charge >= 0.3 is 37.7 Å². The Hall–Kier alpha value is -0.495. The molecule has 0 aliphatic rings. The van der Waals surface area contributed by atoms with E-state index in [0.29, 0.717) is 0 Å². The largest absolute Gasteiger partial charge is 1.00 e. The van der Waals surface area contributed by atoms with Crippen molar-refractivity contribution >= 4 is 54.2 Å². The molecule has 0 spiro atoms. The zero-order chi connectivity index (χ0) is 19.4. The number of hydrogen-bond donors (Lipinski definition) is 0. The van der Waals surface area contributed by atoms with Crippen LogP contribution in [0.25, 0.3) is 21.5 Å². The molecule has 0 aliphatic heterocycles. The first-order chi connectivity index (χ1) is 12.6. The molecule has 4 rings (SSSR count). The van der Waals surface area contributed by atoms with Gasteiger partial charge < -0.3 is 0 Å². The maximum atomic E-state index is 2.63. The second kappa shape index (κ2) is 8.56. The van der Waals surface area contributed by atoms with Crippen LogP contribution in [0.3, 0.4) is 0 Å². The van der Waals surface area contributed by atoms with Crippen molar-refractivity contribution in [2.45, 2.75) is 39.3 Å². The third-order valence-electron chi connectivity index (χ3n) is 6.35. The average Bonchev–Trinajstić information content (AvgIpc) is 3.16. The van der Waals surface area contributed by atoms with Gasteiger partial charge in [-0.2, -0.15) is 22.9 Å². The van der Waals surface area contributed by atoms with E-state index in [2.05, 4.69) is 112 Å². The zero-order valence-electron chi connectivity index (χ0n) is 19.4. The Bertz CT molecular complexity index is 954. The van der Waals surface area contributed by atoms with Crippen molar-refractivity contribution in [3.05, 3.63) is 72.8 Å². The minimum Gasteiger partial charge on any atom is -0.169 e. The van der Waals surface area contributed by atoms with Gasteiger partial charge in [0.05, 0.1) is 7.11 Å². The van der Waals surface area contributed by atoms with E-state index in [4.69, 9.17) is 0 Å². The van der Waals surface area contributed by atoms with Crippen molar-refractivity contribution in [1.82, 2.24) is 0 Å². The third-order valence-corrected chi connectivity index (χ3v) is 43.6. The Balaban J connectivity index is 0.00000150. The van der Waals surface area contributed by atoms with E-state index < -0.39 is 22.3 Å². The SMILES string of the molecule is C[Si](C)(C)[Si](c1cc2ccccc2[cH-]1)(c1cc2ccccc2[cH-]1)[Si](C)(C)C.[Li+].[Li+]. The van der Waals surface area contributed by atoms with Crippen LogP contribution in [-0.2, 0) is 0 Å². The molecule has 29 heavy (non-hydrogen) atoms. The van der Waals surface area contributed by atoms with Crippen molar-refractivity contribution in [1.29, 1.82) is 0 Å². The molecule has 0 saturated heterocycles. The Kier molecular flexibility index (Phi) is 7.31. The number of benzene rings is 2. The molecule has 5 heteroatoms. The first-order valence-electron chi connectivity index (χ1n) is 9.96.